The molecule has 2 rings (SSSR count). The van der Waals surface area contributed by atoms with Crippen LogP contribution in [0.3, 0.4) is 0 Å². The maximum Gasteiger partial charge on any atom is 0.103 e. The van der Waals surface area contributed by atoms with Crippen LogP contribution in [-0.2, 0) is 6.54 Å². The van der Waals surface area contributed by atoms with Crippen LogP contribution in [0.4, 0.5) is 0 Å². The van der Waals surface area contributed by atoms with E-state index in [9.17, 15) is 0 Å². The Morgan fingerprint density at radius 2 is 2.43 bits per heavy atom. The molecule has 0 aromatic carbocycles. The van der Waals surface area contributed by atoms with Crippen LogP contribution in [0, 0.1) is 6.92 Å². The Morgan fingerprint density at radius 3 is 3.07 bits per heavy atom. The molecule has 0 aliphatic rings. The van der Waals surface area contributed by atoms with Crippen molar-refractivity contribution in [2.45, 2.75) is 13.5 Å². The number of hydrogen-bond acceptors (Lipinski definition) is 3. The number of thiophene rings is 1. The Kier molecular flexibility index (Phi) is 2.65. The third kappa shape index (κ3) is 1.71. The molecule has 2 aromatic heterocycles. The Hall–Kier alpha value is -1.13. The molecular weight excluding hydrogens is 194 g/mol. The van der Waals surface area contributed by atoms with Gasteiger partial charge in [-0.25, -0.2) is 0 Å². The maximum absolute atomic E-state index is 4.28. The van der Waals surface area contributed by atoms with Crippen molar-refractivity contribution in [1.29, 1.82) is 0 Å². The lowest BCUT2D eigenvalue weighted by Crippen LogP contribution is -2.04. The van der Waals surface area contributed by atoms with Gasteiger partial charge in [0.05, 0.1) is 4.88 Å². The lowest BCUT2D eigenvalue weighted by molar-refractivity contribution is 0.784. The van der Waals surface area contributed by atoms with Crippen molar-refractivity contribution < 1.29 is 0 Å². The molecule has 2 N–H and O–H groups in total. The van der Waals surface area contributed by atoms with Crippen molar-refractivity contribution in [3.8, 4) is 10.6 Å². The molecule has 0 saturated heterocycles. The van der Waals surface area contributed by atoms with Gasteiger partial charge in [-0.2, -0.15) is 5.10 Å². The summed E-state index contributed by atoms with van der Waals surface area (Å²) in [5, 5.41) is 12.5. The third-order valence-corrected chi connectivity index (χ3v) is 3.13. The molecule has 0 aliphatic heterocycles. The Labute approximate surface area is 87.2 Å². The van der Waals surface area contributed by atoms with E-state index in [2.05, 4.69) is 40.0 Å². The zero-order valence-electron chi connectivity index (χ0n) is 8.29. The minimum atomic E-state index is 0.831. The van der Waals surface area contributed by atoms with Crippen LogP contribution in [0.25, 0.3) is 10.6 Å². The number of H-pyrrole nitrogens is 1. The monoisotopic (exact) mass is 207 g/mol. The lowest BCUT2D eigenvalue weighted by atomic mass is 10.2. The number of nitrogens with one attached hydrogen (secondary N) is 2. The number of aromatic amines is 1. The van der Waals surface area contributed by atoms with E-state index in [1.54, 1.807) is 11.3 Å². The van der Waals surface area contributed by atoms with Crippen molar-refractivity contribution in [3.63, 3.8) is 0 Å². The quantitative estimate of drug-likeness (QED) is 0.809. The fourth-order valence-corrected chi connectivity index (χ4v) is 2.28. The Morgan fingerprint density at radius 1 is 1.57 bits per heavy atom. The highest BCUT2D eigenvalue weighted by atomic mass is 32.1. The van der Waals surface area contributed by atoms with Crippen molar-refractivity contribution in [2.24, 2.45) is 0 Å². The molecule has 2 heterocycles. The predicted octanol–water partition coefficient (Wildman–Crippen LogP) is 2.17. The fraction of sp³-hybridized carbons (Fsp3) is 0.300. The number of nitrogens with zero attached hydrogens (tertiary/aromatic N) is 1. The first kappa shape index (κ1) is 9.43. The molecule has 0 amide bonds. The van der Waals surface area contributed by atoms with Gasteiger partial charge in [0.1, 0.15) is 5.69 Å². The number of aromatic nitrogens is 2. The number of hydrogen-bond donors (Lipinski definition) is 2. The number of aryl methyl sites for hydroxylation is 1. The minimum absolute atomic E-state index is 0.831. The van der Waals surface area contributed by atoms with Gasteiger partial charge in [0.15, 0.2) is 0 Å². The van der Waals surface area contributed by atoms with Crippen LogP contribution in [0.1, 0.15) is 11.3 Å². The molecule has 0 aliphatic carbocycles. The van der Waals surface area contributed by atoms with Crippen molar-refractivity contribution in [1.82, 2.24) is 15.5 Å². The zero-order chi connectivity index (χ0) is 9.97. The summed E-state index contributed by atoms with van der Waals surface area (Å²) in [6.45, 7) is 2.94. The SMILES string of the molecule is CNCc1cc(-c2sccc2C)n[nH]1. The molecule has 4 heteroatoms. The fourth-order valence-electron chi connectivity index (χ4n) is 1.39. The van der Waals surface area contributed by atoms with Crippen molar-refractivity contribution in [2.75, 3.05) is 7.05 Å². The van der Waals surface area contributed by atoms with E-state index in [1.165, 1.54) is 10.4 Å². The van der Waals surface area contributed by atoms with E-state index in [1.807, 2.05) is 7.05 Å². The topological polar surface area (TPSA) is 40.7 Å². The van der Waals surface area contributed by atoms with Crippen molar-refractivity contribution >= 4 is 11.3 Å². The molecule has 3 nitrogen and oxygen atoms in total. The largest absolute Gasteiger partial charge is 0.314 e. The highest BCUT2D eigenvalue weighted by molar-refractivity contribution is 7.13. The van der Waals surface area contributed by atoms with Crippen LogP contribution in [0.5, 0.6) is 0 Å². The van der Waals surface area contributed by atoms with Gasteiger partial charge in [-0.15, -0.1) is 11.3 Å². The van der Waals surface area contributed by atoms with E-state index in [4.69, 9.17) is 0 Å². The maximum atomic E-state index is 4.28. The molecule has 0 unspecified atom stereocenters. The molecular formula is C10H13N3S. The second kappa shape index (κ2) is 3.94. The van der Waals surface area contributed by atoms with Crippen LogP contribution in [0.15, 0.2) is 17.5 Å². The third-order valence-electron chi connectivity index (χ3n) is 2.09. The summed E-state index contributed by atoms with van der Waals surface area (Å²) >= 11 is 1.73. The van der Waals surface area contributed by atoms with E-state index in [0.717, 1.165) is 17.9 Å². The number of rotatable bonds is 3. The van der Waals surface area contributed by atoms with Crippen LogP contribution in [-0.4, -0.2) is 17.2 Å². The van der Waals surface area contributed by atoms with E-state index >= 15 is 0 Å². The molecule has 14 heavy (non-hydrogen) atoms. The van der Waals surface area contributed by atoms with Gasteiger partial charge in [0.25, 0.3) is 0 Å². The van der Waals surface area contributed by atoms with Crippen molar-refractivity contribution in [3.05, 3.63) is 28.8 Å². The van der Waals surface area contributed by atoms with E-state index < -0.39 is 0 Å². The van der Waals surface area contributed by atoms with Gasteiger partial charge in [0, 0.05) is 12.2 Å². The van der Waals surface area contributed by atoms with E-state index in [0.29, 0.717) is 0 Å². The zero-order valence-corrected chi connectivity index (χ0v) is 9.11. The first-order valence-electron chi connectivity index (χ1n) is 4.54. The van der Waals surface area contributed by atoms with Gasteiger partial charge in [-0.3, -0.25) is 5.10 Å². The first-order valence-corrected chi connectivity index (χ1v) is 5.42. The predicted molar refractivity (Wildman–Crippen MR) is 59.4 cm³/mol. The summed E-state index contributed by atoms with van der Waals surface area (Å²) < 4.78 is 0. The highest BCUT2D eigenvalue weighted by Gasteiger charge is 2.06. The molecule has 0 atom stereocenters. The molecule has 0 bridgehead atoms. The molecule has 0 fully saturated rings. The molecule has 0 radical (unpaired) electrons. The minimum Gasteiger partial charge on any atom is -0.314 e. The van der Waals surface area contributed by atoms with Gasteiger partial charge in [-0.1, -0.05) is 0 Å². The standard InChI is InChI=1S/C10H13N3S/c1-7-3-4-14-10(7)9-5-8(6-11-2)12-13-9/h3-5,11H,6H2,1-2H3,(H,12,13). The smallest absolute Gasteiger partial charge is 0.103 e. The van der Waals surface area contributed by atoms with Gasteiger partial charge >= 0.3 is 0 Å². The van der Waals surface area contributed by atoms with Crippen LogP contribution < -0.4 is 5.32 Å². The van der Waals surface area contributed by atoms with E-state index in [-0.39, 0.29) is 0 Å². The van der Waals surface area contributed by atoms with Crippen LogP contribution >= 0.6 is 11.3 Å². The first-order chi connectivity index (χ1) is 6.81. The summed E-state index contributed by atoms with van der Waals surface area (Å²) in [6, 6.07) is 4.21. The lowest BCUT2D eigenvalue weighted by Gasteiger charge is -1.92. The van der Waals surface area contributed by atoms with Gasteiger partial charge in [-0.05, 0) is 37.0 Å². The average Bonchev–Trinajstić information content (AvgIpc) is 2.74. The summed E-state index contributed by atoms with van der Waals surface area (Å²) in [7, 11) is 1.93. The normalized spacial score (nSPS) is 10.7. The molecule has 74 valence electrons. The van der Waals surface area contributed by atoms with Crippen LogP contribution in [0.2, 0.25) is 0 Å². The molecule has 0 saturated carbocycles. The second-order valence-corrected chi connectivity index (χ2v) is 4.16. The average molecular weight is 207 g/mol. The molecule has 2 aromatic rings. The Balaban J connectivity index is 2.29. The summed E-state index contributed by atoms with van der Waals surface area (Å²) in [4.78, 5) is 1.25. The van der Waals surface area contributed by atoms with Gasteiger partial charge in [0.2, 0.25) is 0 Å². The highest BCUT2D eigenvalue weighted by Crippen LogP contribution is 2.27. The van der Waals surface area contributed by atoms with Gasteiger partial charge < -0.3 is 5.32 Å². The summed E-state index contributed by atoms with van der Waals surface area (Å²) in [5.74, 6) is 0. The Bertz CT molecular complexity index is 416. The second-order valence-electron chi connectivity index (χ2n) is 3.24. The summed E-state index contributed by atoms with van der Waals surface area (Å²) in [5.41, 5.74) is 3.45. The molecule has 0 spiro atoms. The summed E-state index contributed by atoms with van der Waals surface area (Å²) in [6.07, 6.45) is 0.